The summed E-state index contributed by atoms with van der Waals surface area (Å²) in [6.45, 7) is 4.71. The van der Waals surface area contributed by atoms with Gasteiger partial charge in [-0.2, -0.15) is 0 Å². The summed E-state index contributed by atoms with van der Waals surface area (Å²) in [4.78, 5) is 17.9. The monoisotopic (exact) mass is 304 g/mol. The lowest BCUT2D eigenvalue weighted by molar-refractivity contribution is -0.138. The highest BCUT2D eigenvalue weighted by atomic mass is 16.6. The summed E-state index contributed by atoms with van der Waals surface area (Å²) in [6, 6.07) is 3.93. The average Bonchev–Trinajstić information content (AvgIpc) is 2.95. The second-order valence-corrected chi connectivity index (χ2v) is 6.26. The lowest BCUT2D eigenvalue weighted by atomic mass is 9.89. The quantitative estimate of drug-likeness (QED) is 0.855. The minimum Gasteiger partial charge on any atom is -0.371 e. The highest BCUT2D eigenvalue weighted by Crippen LogP contribution is 2.36. The maximum Gasteiger partial charge on any atom is 0.222 e. The van der Waals surface area contributed by atoms with Gasteiger partial charge in [-0.15, -0.1) is 0 Å². The summed E-state index contributed by atoms with van der Waals surface area (Å²) in [5, 5.41) is 0. The zero-order valence-corrected chi connectivity index (χ0v) is 13.2. The molecule has 0 N–H and O–H groups in total. The number of hydrogen-bond donors (Lipinski definition) is 0. The number of nitrogens with zero attached hydrogens (tertiary/aromatic N) is 2. The Bertz CT molecular complexity index is 508. The fourth-order valence-corrected chi connectivity index (χ4v) is 3.42. The molecule has 0 saturated carbocycles. The van der Waals surface area contributed by atoms with Crippen molar-refractivity contribution in [3.05, 3.63) is 30.1 Å². The minimum absolute atomic E-state index is 0.116. The SMILES string of the molecule is CCC(=O)N1CCC[C@]2(C[C@@H](OCc3ccncc3)CO2)C1. The fraction of sp³-hybridized carbons (Fsp3) is 0.647. The van der Waals surface area contributed by atoms with Crippen molar-refractivity contribution in [3.63, 3.8) is 0 Å². The Hall–Kier alpha value is -1.46. The third-order valence-electron chi connectivity index (χ3n) is 4.60. The van der Waals surface area contributed by atoms with Crippen molar-refractivity contribution in [2.45, 2.75) is 50.9 Å². The number of carbonyl (C=O) groups excluding carboxylic acids is 1. The number of piperidine rings is 1. The molecule has 3 rings (SSSR count). The van der Waals surface area contributed by atoms with Crippen molar-refractivity contribution in [1.82, 2.24) is 9.88 Å². The summed E-state index contributed by atoms with van der Waals surface area (Å²) in [5.74, 6) is 0.226. The number of likely N-dealkylation sites (tertiary alicyclic amines) is 1. The second-order valence-electron chi connectivity index (χ2n) is 6.26. The summed E-state index contributed by atoms with van der Waals surface area (Å²) in [7, 11) is 0. The molecule has 0 bridgehead atoms. The van der Waals surface area contributed by atoms with Crippen LogP contribution in [-0.4, -0.2) is 47.2 Å². The normalized spacial score (nSPS) is 28.2. The zero-order valence-electron chi connectivity index (χ0n) is 13.2. The molecule has 2 aliphatic heterocycles. The fourth-order valence-electron chi connectivity index (χ4n) is 3.42. The van der Waals surface area contributed by atoms with Gasteiger partial charge in [0.25, 0.3) is 0 Å². The number of hydrogen-bond acceptors (Lipinski definition) is 4. The molecule has 22 heavy (non-hydrogen) atoms. The maximum absolute atomic E-state index is 11.9. The van der Waals surface area contributed by atoms with E-state index in [0.29, 0.717) is 19.6 Å². The topological polar surface area (TPSA) is 51.7 Å². The van der Waals surface area contributed by atoms with Gasteiger partial charge in [0.2, 0.25) is 5.91 Å². The largest absolute Gasteiger partial charge is 0.371 e. The van der Waals surface area contributed by atoms with E-state index in [-0.39, 0.29) is 17.6 Å². The standard InChI is InChI=1S/C17H24N2O3/c1-2-16(20)19-9-3-6-17(13-19)10-15(12-22-17)21-11-14-4-7-18-8-5-14/h4-5,7-8,15H,2-3,6,9-13H2,1H3/t15-,17+/m1/s1. The lowest BCUT2D eigenvalue weighted by Gasteiger charge is -2.39. The highest BCUT2D eigenvalue weighted by molar-refractivity contribution is 5.76. The van der Waals surface area contributed by atoms with Crippen molar-refractivity contribution in [3.8, 4) is 0 Å². The molecule has 1 aromatic rings. The van der Waals surface area contributed by atoms with E-state index >= 15 is 0 Å². The predicted molar refractivity (Wildman–Crippen MR) is 82.2 cm³/mol. The van der Waals surface area contributed by atoms with E-state index in [2.05, 4.69) is 4.98 Å². The molecule has 0 aromatic carbocycles. The van der Waals surface area contributed by atoms with Gasteiger partial charge in [0.15, 0.2) is 0 Å². The van der Waals surface area contributed by atoms with E-state index in [1.165, 1.54) is 0 Å². The van der Waals surface area contributed by atoms with Crippen LogP contribution in [0.1, 0.15) is 38.2 Å². The van der Waals surface area contributed by atoms with Crippen LogP contribution < -0.4 is 0 Å². The number of amides is 1. The van der Waals surface area contributed by atoms with E-state index in [1.54, 1.807) is 12.4 Å². The van der Waals surface area contributed by atoms with Crippen LogP contribution in [-0.2, 0) is 20.9 Å². The highest BCUT2D eigenvalue weighted by Gasteiger charge is 2.44. The van der Waals surface area contributed by atoms with Crippen molar-refractivity contribution in [1.29, 1.82) is 0 Å². The maximum atomic E-state index is 11.9. The van der Waals surface area contributed by atoms with Gasteiger partial charge in [0, 0.05) is 38.3 Å². The molecule has 2 fully saturated rings. The van der Waals surface area contributed by atoms with Gasteiger partial charge < -0.3 is 14.4 Å². The van der Waals surface area contributed by atoms with Gasteiger partial charge in [-0.25, -0.2) is 0 Å². The molecule has 3 heterocycles. The molecule has 120 valence electrons. The number of carbonyl (C=O) groups is 1. The Morgan fingerprint density at radius 1 is 1.50 bits per heavy atom. The molecule has 1 amide bonds. The third-order valence-corrected chi connectivity index (χ3v) is 4.60. The molecule has 2 aliphatic rings. The van der Waals surface area contributed by atoms with Crippen molar-refractivity contribution in [2.24, 2.45) is 0 Å². The smallest absolute Gasteiger partial charge is 0.222 e. The predicted octanol–water partition coefficient (Wildman–Crippen LogP) is 2.16. The van der Waals surface area contributed by atoms with Gasteiger partial charge in [-0.1, -0.05) is 6.92 Å². The second kappa shape index (κ2) is 6.75. The Labute approximate surface area is 131 Å². The summed E-state index contributed by atoms with van der Waals surface area (Å²) < 4.78 is 12.1. The molecule has 0 aliphatic carbocycles. The van der Waals surface area contributed by atoms with E-state index < -0.39 is 0 Å². The van der Waals surface area contributed by atoms with Gasteiger partial charge >= 0.3 is 0 Å². The first-order chi connectivity index (χ1) is 10.7. The molecule has 0 unspecified atom stereocenters. The zero-order chi connectivity index (χ0) is 15.4. The van der Waals surface area contributed by atoms with Gasteiger partial charge in [-0.3, -0.25) is 9.78 Å². The molecule has 2 atom stereocenters. The summed E-state index contributed by atoms with van der Waals surface area (Å²) >= 11 is 0. The third kappa shape index (κ3) is 3.47. The molecule has 2 saturated heterocycles. The molecular weight excluding hydrogens is 280 g/mol. The molecule has 5 heteroatoms. The van der Waals surface area contributed by atoms with Crippen molar-refractivity contribution in [2.75, 3.05) is 19.7 Å². The van der Waals surface area contributed by atoms with Crippen LogP contribution in [0.15, 0.2) is 24.5 Å². The van der Waals surface area contributed by atoms with E-state index in [1.807, 2.05) is 24.0 Å². The van der Waals surface area contributed by atoms with Crippen LogP contribution in [0.4, 0.5) is 0 Å². The van der Waals surface area contributed by atoms with E-state index in [4.69, 9.17) is 9.47 Å². The van der Waals surface area contributed by atoms with Crippen LogP contribution >= 0.6 is 0 Å². The average molecular weight is 304 g/mol. The lowest BCUT2D eigenvalue weighted by Crippen LogP contribution is -2.50. The Morgan fingerprint density at radius 3 is 3.09 bits per heavy atom. The van der Waals surface area contributed by atoms with Crippen molar-refractivity contribution < 1.29 is 14.3 Å². The number of aromatic nitrogens is 1. The van der Waals surface area contributed by atoms with Crippen LogP contribution in [0.25, 0.3) is 0 Å². The molecule has 1 spiro atoms. The van der Waals surface area contributed by atoms with Crippen LogP contribution in [0.3, 0.4) is 0 Å². The number of pyridine rings is 1. The number of rotatable bonds is 4. The minimum atomic E-state index is -0.189. The molecular formula is C17H24N2O3. The van der Waals surface area contributed by atoms with E-state index in [0.717, 1.165) is 37.9 Å². The van der Waals surface area contributed by atoms with Crippen LogP contribution in [0.2, 0.25) is 0 Å². The first-order valence-corrected chi connectivity index (χ1v) is 8.13. The molecule has 0 radical (unpaired) electrons. The Kier molecular flexibility index (Phi) is 4.74. The first kappa shape index (κ1) is 15.4. The first-order valence-electron chi connectivity index (χ1n) is 8.13. The summed E-state index contributed by atoms with van der Waals surface area (Å²) in [5.41, 5.74) is 0.939. The van der Waals surface area contributed by atoms with Gasteiger partial charge in [0.1, 0.15) is 0 Å². The Morgan fingerprint density at radius 2 is 2.32 bits per heavy atom. The molecule has 1 aromatic heterocycles. The van der Waals surface area contributed by atoms with Gasteiger partial charge in [0.05, 0.1) is 24.9 Å². The van der Waals surface area contributed by atoms with Crippen LogP contribution in [0.5, 0.6) is 0 Å². The number of ether oxygens (including phenoxy) is 2. The summed E-state index contributed by atoms with van der Waals surface area (Å²) in [6.07, 6.45) is 7.16. The van der Waals surface area contributed by atoms with Gasteiger partial charge in [-0.05, 0) is 30.5 Å². The Balaban J connectivity index is 1.53. The van der Waals surface area contributed by atoms with Crippen molar-refractivity contribution >= 4 is 5.91 Å². The van der Waals surface area contributed by atoms with E-state index in [9.17, 15) is 4.79 Å². The molecule has 5 nitrogen and oxygen atoms in total. The van der Waals surface area contributed by atoms with Crippen LogP contribution in [0, 0.1) is 0 Å².